The topological polar surface area (TPSA) is 32.8 Å². The molecule has 0 N–H and O–H groups in total. The van der Waals surface area contributed by atoms with Crippen LogP contribution >= 0.6 is 0 Å². The van der Waals surface area contributed by atoms with Gasteiger partial charge < -0.3 is 4.74 Å². The quantitative estimate of drug-likeness (QED) is 0.758. The van der Waals surface area contributed by atoms with E-state index in [0.717, 1.165) is 26.2 Å². The molecule has 3 rings (SSSR count). The molecule has 0 radical (unpaired) electrons. The van der Waals surface area contributed by atoms with Crippen molar-refractivity contribution in [1.29, 1.82) is 0 Å². The molecule has 0 bridgehead atoms. The lowest BCUT2D eigenvalue weighted by atomic mass is 10.1. The second-order valence-corrected chi connectivity index (χ2v) is 6.44. The molecule has 4 heteroatoms. The summed E-state index contributed by atoms with van der Waals surface area (Å²) in [5.41, 5.74) is 2.51. The largest absolute Gasteiger partial charge is 0.465 e. The minimum Gasteiger partial charge on any atom is -0.465 e. The van der Waals surface area contributed by atoms with E-state index in [4.69, 9.17) is 4.74 Å². The van der Waals surface area contributed by atoms with E-state index in [2.05, 4.69) is 46.2 Å². The van der Waals surface area contributed by atoms with Crippen LogP contribution in [0.5, 0.6) is 0 Å². The summed E-state index contributed by atoms with van der Waals surface area (Å²) in [5.74, 6) is -0.115. The van der Waals surface area contributed by atoms with Gasteiger partial charge in [0, 0.05) is 32.7 Å². The molecule has 0 saturated carbocycles. The van der Waals surface area contributed by atoms with E-state index < -0.39 is 0 Å². The van der Waals surface area contributed by atoms with Crippen LogP contribution in [0, 0.1) is 0 Å². The Morgan fingerprint density at radius 3 is 2.16 bits per heavy atom. The van der Waals surface area contributed by atoms with Crippen molar-refractivity contribution in [3.05, 3.63) is 71.8 Å². The van der Waals surface area contributed by atoms with Crippen molar-refractivity contribution in [2.45, 2.75) is 26.1 Å². The molecule has 1 saturated heterocycles. The first kappa shape index (κ1) is 17.6. The van der Waals surface area contributed by atoms with Gasteiger partial charge in [-0.25, -0.2) is 0 Å². The van der Waals surface area contributed by atoms with E-state index >= 15 is 0 Å². The third-order valence-electron chi connectivity index (χ3n) is 4.61. The molecule has 1 aliphatic heterocycles. The Morgan fingerprint density at radius 1 is 0.960 bits per heavy atom. The summed E-state index contributed by atoms with van der Waals surface area (Å²) in [6, 6.07) is 20.5. The fourth-order valence-electron chi connectivity index (χ4n) is 3.33. The molecule has 2 aromatic rings. The first-order valence-electron chi connectivity index (χ1n) is 8.97. The maximum atomic E-state index is 12.5. The predicted molar refractivity (Wildman–Crippen MR) is 99.0 cm³/mol. The van der Waals surface area contributed by atoms with Crippen molar-refractivity contribution in [1.82, 2.24) is 9.80 Å². The summed E-state index contributed by atoms with van der Waals surface area (Å²) in [5, 5.41) is 0. The summed E-state index contributed by atoms with van der Waals surface area (Å²) in [7, 11) is 0. The van der Waals surface area contributed by atoms with Crippen LogP contribution in [0.4, 0.5) is 0 Å². The molecule has 2 aromatic carbocycles. The van der Waals surface area contributed by atoms with Crippen LogP contribution in [0.2, 0.25) is 0 Å². The van der Waals surface area contributed by atoms with Crippen molar-refractivity contribution >= 4 is 5.97 Å². The molecule has 1 fully saturated rings. The maximum Gasteiger partial charge on any atom is 0.324 e. The highest BCUT2D eigenvalue weighted by Crippen LogP contribution is 2.17. The Hall–Kier alpha value is -2.17. The zero-order valence-corrected chi connectivity index (χ0v) is 14.8. The van der Waals surface area contributed by atoms with Gasteiger partial charge in [0.15, 0.2) is 0 Å². The third-order valence-corrected chi connectivity index (χ3v) is 4.61. The van der Waals surface area contributed by atoms with Gasteiger partial charge in [-0.1, -0.05) is 60.7 Å². The predicted octanol–water partition coefficient (Wildman–Crippen LogP) is 2.94. The molecule has 4 nitrogen and oxygen atoms in total. The lowest BCUT2D eigenvalue weighted by molar-refractivity contribution is -0.152. The van der Waals surface area contributed by atoms with Crippen LogP contribution < -0.4 is 0 Å². The number of benzene rings is 2. The highest BCUT2D eigenvalue weighted by molar-refractivity contribution is 5.76. The average Bonchev–Trinajstić information content (AvgIpc) is 2.65. The van der Waals surface area contributed by atoms with Crippen molar-refractivity contribution in [3.63, 3.8) is 0 Å². The van der Waals surface area contributed by atoms with Crippen LogP contribution in [-0.2, 0) is 22.6 Å². The Morgan fingerprint density at radius 2 is 1.56 bits per heavy atom. The standard InChI is InChI=1S/C21H26N2O2/c1-2-25-21(24)20-17-22(15-18-9-5-3-6-10-18)13-14-23(20)16-19-11-7-4-8-12-19/h3-12,20H,2,13-17H2,1H3/t20-/m1/s1. The SMILES string of the molecule is CCOC(=O)[C@H]1CN(Cc2ccccc2)CCN1Cc1ccccc1. The monoisotopic (exact) mass is 338 g/mol. The van der Waals surface area contributed by atoms with Crippen molar-refractivity contribution in [2.75, 3.05) is 26.2 Å². The van der Waals surface area contributed by atoms with Gasteiger partial charge in [0.05, 0.1) is 6.61 Å². The summed E-state index contributed by atoms with van der Waals surface area (Å²) in [6.07, 6.45) is 0. The van der Waals surface area contributed by atoms with E-state index in [1.807, 2.05) is 31.2 Å². The number of nitrogens with zero attached hydrogens (tertiary/aromatic N) is 2. The molecule has 0 spiro atoms. The minimum atomic E-state index is -0.211. The molecule has 25 heavy (non-hydrogen) atoms. The normalized spacial score (nSPS) is 18.8. The van der Waals surface area contributed by atoms with Crippen LogP contribution in [0.1, 0.15) is 18.1 Å². The van der Waals surface area contributed by atoms with E-state index in [-0.39, 0.29) is 12.0 Å². The summed E-state index contributed by atoms with van der Waals surface area (Å²) in [6.45, 7) is 6.47. The number of hydrogen-bond acceptors (Lipinski definition) is 4. The highest BCUT2D eigenvalue weighted by atomic mass is 16.5. The Bertz CT molecular complexity index is 660. The van der Waals surface area contributed by atoms with Gasteiger partial charge in [-0.05, 0) is 18.1 Å². The van der Waals surface area contributed by atoms with Crippen LogP contribution in [-0.4, -0.2) is 48.1 Å². The van der Waals surface area contributed by atoms with Gasteiger partial charge in [-0.3, -0.25) is 14.6 Å². The van der Waals surface area contributed by atoms with Gasteiger partial charge in [-0.15, -0.1) is 0 Å². The number of carbonyl (C=O) groups is 1. The summed E-state index contributed by atoms with van der Waals surface area (Å²) >= 11 is 0. The van der Waals surface area contributed by atoms with E-state index in [1.54, 1.807) is 0 Å². The summed E-state index contributed by atoms with van der Waals surface area (Å²) in [4.78, 5) is 17.1. The Kier molecular flexibility index (Phi) is 6.20. The molecule has 132 valence electrons. The lowest BCUT2D eigenvalue weighted by Gasteiger charge is -2.40. The van der Waals surface area contributed by atoms with Crippen LogP contribution in [0.15, 0.2) is 60.7 Å². The fraction of sp³-hybridized carbons (Fsp3) is 0.381. The molecule has 0 unspecified atom stereocenters. The number of esters is 1. The zero-order chi connectivity index (χ0) is 17.5. The Balaban J connectivity index is 1.68. The minimum absolute atomic E-state index is 0.115. The first-order valence-corrected chi connectivity index (χ1v) is 8.97. The Labute approximate surface area is 150 Å². The van der Waals surface area contributed by atoms with Gasteiger partial charge in [0.1, 0.15) is 6.04 Å². The maximum absolute atomic E-state index is 12.5. The van der Waals surface area contributed by atoms with Gasteiger partial charge >= 0.3 is 5.97 Å². The number of carbonyl (C=O) groups excluding carboxylic acids is 1. The molecule has 1 atom stereocenters. The first-order chi connectivity index (χ1) is 12.3. The van der Waals surface area contributed by atoms with Gasteiger partial charge in [-0.2, -0.15) is 0 Å². The van der Waals surface area contributed by atoms with E-state index in [0.29, 0.717) is 13.2 Å². The summed E-state index contributed by atoms with van der Waals surface area (Å²) < 4.78 is 5.34. The van der Waals surface area contributed by atoms with Crippen LogP contribution in [0.25, 0.3) is 0 Å². The second kappa shape index (κ2) is 8.79. The molecular formula is C21H26N2O2. The third kappa shape index (κ3) is 4.91. The number of piperazine rings is 1. The van der Waals surface area contributed by atoms with E-state index in [1.165, 1.54) is 11.1 Å². The van der Waals surface area contributed by atoms with Crippen LogP contribution in [0.3, 0.4) is 0 Å². The second-order valence-electron chi connectivity index (χ2n) is 6.44. The number of ether oxygens (including phenoxy) is 1. The molecule has 1 heterocycles. The number of rotatable bonds is 6. The van der Waals surface area contributed by atoms with Crippen molar-refractivity contribution in [3.8, 4) is 0 Å². The molecule has 0 amide bonds. The molecule has 0 aromatic heterocycles. The lowest BCUT2D eigenvalue weighted by Crippen LogP contribution is -2.56. The average molecular weight is 338 g/mol. The van der Waals surface area contributed by atoms with Gasteiger partial charge in [0.25, 0.3) is 0 Å². The fourth-order valence-corrected chi connectivity index (χ4v) is 3.33. The highest BCUT2D eigenvalue weighted by Gasteiger charge is 2.33. The molecular weight excluding hydrogens is 312 g/mol. The van der Waals surface area contributed by atoms with Crippen molar-refractivity contribution < 1.29 is 9.53 Å². The zero-order valence-electron chi connectivity index (χ0n) is 14.8. The van der Waals surface area contributed by atoms with Crippen molar-refractivity contribution in [2.24, 2.45) is 0 Å². The van der Waals surface area contributed by atoms with Gasteiger partial charge in [0.2, 0.25) is 0 Å². The smallest absolute Gasteiger partial charge is 0.324 e. The molecule has 0 aliphatic carbocycles. The van der Waals surface area contributed by atoms with E-state index in [9.17, 15) is 4.79 Å². The number of hydrogen-bond donors (Lipinski definition) is 0. The molecule has 1 aliphatic rings.